The van der Waals surface area contributed by atoms with Crippen LogP contribution in [0.1, 0.15) is 72.1 Å². The predicted octanol–water partition coefficient (Wildman–Crippen LogP) is 4.27. The van der Waals surface area contributed by atoms with Gasteiger partial charge in [-0.05, 0) is 68.6 Å². The molecule has 0 spiro atoms. The monoisotopic (exact) mass is 302 g/mol. The van der Waals surface area contributed by atoms with Gasteiger partial charge in [-0.25, -0.2) is 0 Å². The summed E-state index contributed by atoms with van der Waals surface area (Å²) in [5.74, 6) is 2.34. The zero-order valence-corrected chi connectivity index (χ0v) is 14.3. The van der Waals surface area contributed by atoms with E-state index < -0.39 is 5.60 Å². The van der Waals surface area contributed by atoms with Gasteiger partial charge in [0.25, 0.3) is 0 Å². The molecule has 0 radical (unpaired) electrons. The highest BCUT2D eigenvalue weighted by atomic mass is 16.3. The summed E-state index contributed by atoms with van der Waals surface area (Å²) >= 11 is 0. The molecule has 2 nitrogen and oxygen atoms in total. The Hall–Kier alpha value is -0.630. The molecule has 3 saturated carbocycles. The van der Waals surface area contributed by atoms with Crippen molar-refractivity contribution >= 4 is 5.78 Å². The molecule has 4 rings (SSSR count). The Labute approximate surface area is 134 Å². The second-order valence-electron chi connectivity index (χ2n) is 9.24. The van der Waals surface area contributed by atoms with Crippen LogP contribution in [0.2, 0.25) is 0 Å². The summed E-state index contributed by atoms with van der Waals surface area (Å²) in [6, 6.07) is 0. The molecule has 0 heterocycles. The highest BCUT2D eigenvalue weighted by Crippen LogP contribution is 2.65. The maximum Gasteiger partial charge on any atom is 0.133 e. The van der Waals surface area contributed by atoms with Crippen molar-refractivity contribution in [3.63, 3.8) is 0 Å². The van der Waals surface area contributed by atoms with Crippen LogP contribution < -0.4 is 0 Å². The van der Waals surface area contributed by atoms with Gasteiger partial charge in [0.15, 0.2) is 0 Å². The molecule has 1 N–H and O–H groups in total. The molecule has 6 atom stereocenters. The summed E-state index contributed by atoms with van der Waals surface area (Å²) in [6.45, 7) is 6.80. The number of ketones is 1. The molecular weight excluding hydrogens is 272 g/mol. The van der Waals surface area contributed by atoms with Crippen LogP contribution in [0.15, 0.2) is 11.6 Å². The van der Waals surface area contributed by atoms with Crippen molar-refractivity contribution in [3.05, 3.63) is 11.6 Å². The maximum atomic E-state index is 11.9. The van der Waals surface area contributed by atoms with Crippen molar-refractivity contribution in [2.24, 2.45) is 28.6 Å². The van der Waals surface area contributed by atoms with Crippen molar-refractivity contribution in [1.82, 2.24) is 0 Å². The average molecular weight is 302 g/mol. The first-order valence-electron chi connectivity index (χ1n) is 9.22. The molecule has 4 aliphatic carbocycles. The molecule has 0 aromatic heterocycles. The molecule has 0 amide bonds. The molecule has 122 valence electrons. The fourth-order valence-corrected chi connectivity index (χ4v) is 6.55. The molecule has 0 aromatic rings. The van der Waals surface area contributed by atoms with Crippen LogP contribution in [-0.4, -0.2) is 16.5 Å². The minimum atomic E-state index is -0.514. The first-order valence-corrected chi connectivity index (χ1v) is 9.22. The minimum Gasteiger partial charge on any atom is -0.390 e. The molecule has 3 fully saturated rings. The second-order valence-corrected chi connectivity index (χ2v) is 9.24. The van der Waals surface area contributed by atoms with E-state index in [-0.39, 0.29) is 10.8 Å². The number of fused-ring (bicyclic) bond motifs is 5. The Morgan fingerprint density at radius 1 is 1.14 bits per heavy atom. The maximum absolute atomic E-state index is 11.9. The first kappa shape index (κ1) is 14.9. The van der Waals surface area contributed by atoms with Gasteiger partial charge in [-0.2, -0.15) is 0 Å². The molecule has 0 bridgehead atoms. The van der Waals surface area contributed by atoms with Crippen LogP contribution in [0.4, 0.5) is 0 Å². The Morgan fingerprint density at radius 2 is 1.91 bits per heavy atom. The number of carbonyl (C=O) groups excluding carboxylic acids is 1. The number of aliphatic hydroxyl groups is 1. The molecule has 22 heavy (non-hydrogen) atoms. The molecule has 0 saturated heterocycles. The Balaban J connectivity index is 1.72. The highest BCUT2D eigenvalue weighted by molar-refractivity contribution is 5.80. The second kappa shape index (κ2) is 4.47. The van der Waals surface area contributed by atoms with E-state index in [2.05, 4.69) is 26.8 Å². The number of hydrogen-bond donors (Lipinski definition) is 1. The number of rotatable bonds is 0. The standard InChI is InChI=1S/C20H30O2/c1-18-9-6-14(21)12-13(18)4-5-15-16(18)7-10-19(2)17(15)8-11-20(19,3)22/h7,13,15,17,22H,4-6,8-12H2,1-3H3. The van der Waals surface area contributed by atoms with E-state index in [4.69, 9.17) is 0 Å². The summed E-state index contributed by atoms with van der Waals surface area (Å²) in [5, 5.41) is 10.9. The lowest BCUT2D eigenvalue weighted by Gasteiger charge is -2.56. The number of carbonyl (C=O) groups is 1. The zero-order valence-electron chi connectivity index (χ0n) is 14.3. The van der Waals surface area contributed by atoms with Crippen LogP contribution in [0.5, 0.6) is 0 Å². The van der Waals surface area contributed by atoms with Gasteiger partial charge in [0.1, 0.15) is 5.78 Å². The molecule has 2 heteroatoms. The van der Waals surface area contributed by atoms with Gasteiger partial charge in [0.05, 0.1) is 5.60 Å². The SMILES string of the molecule is CC12CCC(=O)CC1CCC1C2=CCC2(C)C1CCC2(C)O. The quantitative estimate of drug-likeness (QED) is 0.679. The van der Waals surface area contributed by atoms with Crippen LogP contribution in [0.3, 0.4) is 0 Å². The third-order valence-corrected chi connectivity index (χ3v) is 8.41. The Bertz CT molecular complexity index is 546. The van der Waals surface area contributed by atoms with E-state index in [1.165, 1.54) is 19.3 Å². The third kappa shape index (κ3) is 1.74. The summed E-state index contributed by atoms with van der Waals surface area (Å²) in [7, 11) is 0. The van der Waals surface area contributed by atoms with Crippen LogP contribution in [-0.2, 0) is 4.79 Å². The van der Waals surface area contributed by atoms with E-state index in [9.17, 15) is 9.90 Å². The van der Waals surface area contributed by atoms with Gasteiger partial charge in [0.2, 0.25) is 0 Å². The fraction of sp³-hybridized carbons (Fsp3) is 0.850. The zero-order chi connectivity index (χ0) is 15.8. The van der Waals surface area contributed by atoms with Crippen LogP contribution in [0, 0.1) is 28.6 Å². The largest absolute Gasteiger partial charge is 0.390 e. The number of allylic oxidation sites excluding steroid dienone is 2. The van der Waals surface area contributed by atoms with Crippen LogP contribution in [0.25, 0.3) is 0 Å². The van der Waals surface area contributed by atoms with Gasteiger partial charge < -0.3 is 5.11 Å². The van der Waals surface area contributed by atoms with E-state index in [0.29, 0.717) is 23.5 Å². The van der Waals surface area contributed by atoms with Gasteiger partial charge in [0, 0.05) is 18.3 Å². The topological polar surface area (TPSA) is 37.3 Å². The van der Waals surface area contributed by atoms with E-state index in [1.807, 2.05) is 0 Å². The molecule has 6 unspecified atom stereocenters. The molecule has 4 aliphatic rings. The van der Waals surface area contributed by atoms with Crippen LogP contribution >= 0.6 is 0 Å². The smallest absolute Gasteiger partial charge is 0.133 e. The number of hydrogen-bond acceptors (Lipinski definition) is 2. The lowest BCUT2D eigenvalue weighted by molar-refractivity contribution is -0.125. The summed E-state index contributed by atoms with van der Waals surface area (Å²) in [5.41, 5.74) is 1.46. The van der Waals surface area contributed by atoms with Crippen molar-refractivity contribution in [2.75, 3.05) is 0 Å². The highest BCUT2D eigenvalue weighted by Gasteiger charge is 2.60. The summed E-state index contributed by atoms with van der Waals surface area (Å²) in [6.07, 6.45) is 10.7. The van der Waals surface area contributed by atoms with E-state index in [1.54, 1.807) is 5.57 Å². The average Bonchev–Trinajstić information content (AvgIpc) is 2.70. The summed E-state index contributed by atoms with van der Waals surface area (Å²) < 4.78 is 0. The van der Waals surface area contributed by atoms with Gasteiger partial charge in [-0.15, -0.1) is 0 Å². The first-order chi connectivity index (χ1) is 10.3. The lowest BCUT2D eigenvalue weighted by Crippen LogP contribution is -2.51. The minimum absolute atomic E-state index is 0.0504. The van der Waals surface area contributed by atoms with Crippen molar-refractivity contribution in [1.29, 1.82) is 0 Å². The fourth-order valence-electron chi connectivity index (χ4n) is 6.55. The summed E-state index contributed by atoms with van der Waals surface area (Å²) in [4.78, 5) is 11.9. The third-order valence-electron chi connectivity index (χ3n) is 8.41. The van der Waals surface area contributed by atoms with Crippen molar-refractivity contribution in [2.45, 2.75) is 77.7 Å². The lowest BCUT2D eigenvalue weighted by atomic mass is 9.48. The number of Topliss-reactive ketones (excluding diaryl/α,β-unsaturated/α-hetero) is 1. The Kier molecular flexibility index (Phi) is 3.03. The van der Waals surface area contributed by atoms with Crippen molar-refractivity contribution < 1.29 is 9.90 Å². The normalized spacial score (nSPS) is 54.3. The van der Waals surface area contributed by atoms with E-state index in [0.717, 1.165) is 32.1 Å². The molecule has 0 aromatic carbocycles. The van der Waals surface area contributed by atoms with Gasteiger partial charge >= 0.3 is 0 Å². The van der Waals surface area contributed by atoms with Crippen molar-refractivity contribution in [3.8, 4) is 0 Å². The predicted molar refractivity (Wildman–Crippen MR) is 87.3 cm³/mol. The molecule has 0 aliphatic heterocycles. The van der Waals surface area contributed by atoms with Gasteiger partial charge in [-0.1, -0.05) is 25.5 Å². The molecular formula is C20H30O2. The Morgan fingerprint density at radius 3 is 2.68 bits per heavy atom. The van der Waals surface area contributed by atoms with Gasteiger partial charge in [-0.3, -0.25) is 4.79 Å². The van der Waals surface area contributed by atoms with E-state index >= 15 is 0 Å².